The Morgan fingerprint density at radius 1 is 0.193 bits per heavy atom. The summed E-state index contributed by atoms with van der Waals surface area (Å²) in [5.41, 5.74) is 24.3. The zero-order valence-electron chi connectivity index (χ0n) is 59.8. The molecule has 109 heavy (non-hydrogen) atoms. The third-order valence-corrected chi connectivity index (χ3v) is 21.6. The van der Waals surface area contributed by atoms with Crippen molar-refractivity contribution in [3.63, 3.8) is 0 Å². The Kier molecular flexibility index (Phi) is 20.9. The molecule has 0 aromatic heterocycles. The molecule has 2 N–H and O–H groups in total. The summed E-state index contributed by atoms with van der Waals surface area (Å²) in [5, 5.41) is 32.9. The van der Waals surface area contributed by atoms with Gasteiger partial charge in [-0.3, -0.25) is 0 Å². The van der Waals surface area contributed by atoms with Crippen LogP contribution in [0.3, 0.4) is 0 Å². The van der Waals surface area contributed by atoms with Crippen molar-refractivity contribution in [3.8, 4) is 89.0 Å². The Balaban J connectivity index is 0.000000171. The van der Waals surface area contributed by atoms with Gasteiger partial charge in [0, 0.05) is 8.95 Å². The molecule has 0 heterocycles. The van der Waals surface area contributed by atoms with Crippen molar-refractivity contribution in [2.45, 2.75) is 0 Å². The molecule has 18 aromatic rings. The molecule has 0 saturated heterocycles. The van der Waals surface area contributed by atoms with Gasteiger partial charge >= 0.3 is 7.12 Å². The van der Waals surface area contributed by atoms with Crippen molar-refractivity contribution in [1.29, 1.82) is 0 Å². The molecule has 18 rings (SSSR count). The molecule has 0 aliphatic rings. The van der Waals surface area contributed by atoms with Crippen LogP contribution < -0.4 is 15.9 Å². The fourth-order valence-electron chi connectivity index (χ4n) is 15.1. The first kappa shape index (κ1) is 70.7. The van der Waals surface area contributed by atoms with Crippen LogP contribution in [0.5, 0.6) is 0 Å². The number of benzene rings is 18. The van der Waals surface area contributed by atoms with Gasteiger partial charge in [0.05, 0.1) is 0 Å². The molecular formula is C104H73BBr2O2. The van der Waals surface area contributed by atoms with Crippen LogP contribution in [-0.2, 0) is 0 Å². The van der Waals surface area contributed by atoms with Gasteiger partial charge in [-0.05, 0) is 205 Å². The van der Waals surface area contributed by atoms with Crippen molar-refractivity contribution in [2.24, 2.45) is 0 Å². The molecular weight excluding hydrogens is 1450 g/mol. The Morgan fingerprint density at radius 3 is 0.615 bits per heavy atom. The standard InChI is InChI=1S/C66H44.C24H19BO2.C14H10Br2/c1-3-15-51(16-4-1)63-55-19-7-11-23-59(55)65(60-24-12-8-20-56(60)63)53-41-37-49(38-42-53)47-33-29-45(30-34-47)27-28-46-31-35-48(36-32-46)50-39-43-54(44-40-50)66-61-25-13-9-21-57(61)64(52-17-5-2-6-18-52)58-22-10-14-26-62(58)66;1-16-17(2)24(19-12-14-20(15-13-19)25(26)27)22-11-7-6-10-21(22)23(16)18-8-4-3-5-9-18;15-13-7-3-11(4-8-13)1-2-12-5-9-14(16)10-6-12/h1-44H;3-15,26-27H,1-2H2;1-10H/b;;2-1+. The second-order valence-electron chi connectivity index (χ2n) is 27.2. The Hall–Kier alpha value is -12.6. The topological polar surface area (TPSA) is 40.5 Å². The van der Waals surface area contributed by atoms with E-state index in [1.165, 1.54) is 132 Å². The van der Waals surface area contributed by atoms with Gasteiger partial charge in [0.2, 0.25) is 0 Å². The summed E-state index contributed by atoms with van der Waals surface area (Å²) in [6, 6.07) is 135. The summed E-state index contributed by atoms with van der Waals surface area (Å²) in [6.07, 6.45) is 8.61. The van der Waals surface area contributed by atoms with Gasteiger partial charge in [-0.1, -0.05) is 427 Å². The molecule has 5 heteroatoms. The van der Waals surface area contributed by atoms with Crippen molar-refractivity contribution in [3.05, 3.63) is 424 Å². The van der Waals surface area contributed by atoms with E-state index in [0.717, 1.165) is 52.4 Å². The van der Waals surface area contributed by atoms with Crippen LogP contribution in [-0.4, -0.2) is 17.2 Å². The second-order valence-corrected chi connectivity index (χ2v) is 29.0. The molecule has 0 bridgehead atoms. The number of fused-ring (bicyclic) bond motifs is 5. The average Bonchev–Trinajstić information content (AvgIpc) is 0.744. The van der Waals surface area contributed by atoms with E-state index in [1.807, 2.05) is 66.7 Å². The third-order valence-electron chi connectivity index (χ3n) is 20.5. The largest absolute Gasteiger partial charge is 0.488 e. The predicted octanol–water partition coefficient (Wildman–Crippen LogP) is 26.5. The van der Waals surface area contributed by atoms with Gasteiger partial charge in [0.15, 0.2) is 0 Å². The molecule has 0 atom stereocenters. The van der Waals surface area contributed by atoms with Gasteiger partial charge in [-0.15, -0.1) is 0 Å². The van der Waals surface area contributed by atoms with E-state index >= 15 is 0 Å². The molecule has 18 aromatic carbocycles. The van der Waals surface area contributed by atoms with Crippen LogP contribution in [0.4, 0.5) is 0 Å². The zero-order valence-corrected chi connectivity index (χ0v) is 63.0. The quantitative estimate of drug-likeness (QED) is 0.0686. The van der Waals surface area contributed by atoms with Crippen LogP contribution in [0.15, 0.2) is 391 Å². The lowest BCUT2D eigenvalue weighted by Crippen LogP contribution is -2.30. The second kappa shape index (κ2) is 32.3. The van der Waals surface area contributed by atoms with Gasteiger partial charge in [-0.2, -0.15) is 0 Å². The monoisotopic (exact) mass is 1520 g/mol. The molecule has 518 valence electrons. The summed E-state index contributed by atoms with van der Waals surface area (Å²) < 4.78 is 2.21. The molecule has 2 nitrogen and oxygen atoms in total. The first-order chi connectivity index (χ1) is 53.6. The van der Waals surface area contributed by atoms with Crippen molar-refractivity contribution in [1.82, 2.24) is 0 Å². The Morgan fingerprint density at radius 2 is 0.367 bits per heavy atom. The van der Waals surface area contributed by atoms with E-state index in [9.17, 15) is 10.0 Å². The maximum atomic E-state index is 9.35. The summed E-state index contributed by atoms with van der Waals surface area (Å²) >= 11 is 6.84. The maximum Gasteiger partial charge on any atom is 0.488 e. The highest BCUT2D eigenvalue weighted by molar-refractivity contribution is 9.10. The van der Waals surface area contributed by atoms with E-state index < -0.39 is 7.12 Å². The lowest BCUT2D eigenvalue weighted by molar-refractivity contribution is 0.426. The van der Waals surface area contributed by atoms with E-state index in [4.69, 9.17) is 0 Å². The average molecular weight is 1530 g/mol. The first-order valence-electron chi connectivity index (χ1n) is 36.6. The molecule has 0 fully saturated rings. The Labute approximate surface area is 653 Å². The number of hydrogen-bond acceptors (Lipinski definition) is 2. The van der Waals surface area contributed by atoms with E-state index in [0.29, 0.717) is 5.46 Å². The van der Waals surface area contributed by atoms with Crippen LogP contribution in [0.1, 0.15) is 22.3 Å². The zero-order chi connectivity index (χ0) is 74.2. The van der Waals surface area contributed by atoms with Crippen molar-refractivity contribution in [2.75, 3.05) is 0 Å². The molecule has 0 amide bonds. The highest BCUT2D eigenvalue weighted by atomic mass is 79.9. The van der Waals surface area contributed by atoms with Crippen LogP contribution >= 0.6 is 31.9 Å². The van der Waals surface area contributed by atoms with Crippen LogP contribution in [0, 0.1) is 0 Å². The summed E-state index contributed by atoms with van der Waals surface area (Å²) in [5.74, 6) is 0. The highest BCUT2D eigenvalue weighted by Gasteiger charge is 2.20. The van der Waals surface area contributed by atoms with Crippen molar-refractivity contribution < 1.29 is 10.0 Å². The molecule has 0 unspecified atom stereocenters. The van der Waals surface area contributed by atoms with Gasteiger partial charge in [-0.25, -0.2) is 0 Å². The van der Waals surface area contributed by atoms with E-state index in [2.05, 4.69) is 373 Å². The molecule has 0 aliphatic carbocycles. The number of hydrogen-bond donors (Lipinski definition) is 2. The lowest BCUT2D eigenvalue weighted by Gasteiger charge is -2.18. The predicted molar refractivity (Wildman–Crippen MR) is 477 cm³/mol. The first-order valence-corrected chi connectivity index (χ1v) is 38.2. The number of halogens is 2. The molecule has 0 saturated carbocycles. The van der Waals surface area contributed by atoms with Crippen LogP contribution in [0.2, 0.25) is 0 Å². The molecule has 0 aliphatic heterocycles. The maximum absolute atomic E-state index is 9.35. The minimum atomic E-state index is -1.47. The normalized spacial score (nSPS) is 11.3. The Bertz CT molecular complexity index is 6050. The van der Waals surface area contributed by atoms with Gasteiger partial charge in [0.25, 0.3) is 0 Å². The minimum absolute atomic E-state index is 0.462. The van der Waals surface area contributed by atoms with E-state index in [1.54, 1.807) is 12.1 Å². The van der Waals surface area contributed by atoms with E-state index in [-0.39, 0.29) is 0 Å². The molecule has 0 radical (unpaired) electrons. The molecule has 0 spiro atoms. The lowest BCUT2D eigenvalue weighted by atomic mass is 9.79. The smallest absolute Gasteiger partial charge is 0.423 e. The van der Waals surface area contributed by atoms with Crippen molar-refractivity contribution >= 4 is 136 Å². The SMILES string of the molecule is Brc1ccc(/C=C/c2ccc(Br)cc2)cc1.C(=Cc1ccc(-c2ccc(-c3c4ccccc4c(-c4ccccc4)c4ccccc34)cc2)cc1)c1ccc(-c2ccc(-c3c4ccccc4c(-c4ccccc4)c4ccccc34)cc2)cc1.C=c1c(-c2ccccc2)c2ccccc2c(-c2ccc(B(O)O)cc2)c1=C. The fourth-order valence-corrected chi connectivity index (χ4v) is 15.6. The highest BCUT2D eigenvalue weighted by Crippen LogP contribution is 2.46. The third kappa shape index (κ3) is 15.2. The number of rotatable bonds is 13. The van der Waals surface area contributed by atoms with Gasteiger partial charge < -0.3 is 10.0 Å². The van der Waals surface area contributed by atoms with Crippen LogP contribution in [0.25, 0.3) is 180 Å². The van der Waals surface area contributed by atoms with Gasteiger partial charge in [0.1, 0.15) is 0 Å². The fraction of sp³-hybridized carbons (Fsp3) is 0. The summed E-state index contributed by atoms with van der Waals surface area (Å²) in [4.78, 5) is 0. The summed E-state index contributed by atoms with van der Waals surface area (Å²) in [6.45, 7) is 8.66. The summed E-state index contributed by atoms with van der Waals surface area (Å²) in [7, 11) is -1.47. The minimum Gasteiger partial charge on any atom is -0.423 e.